The summed E-state index contributed by atoms with van der Waals surface area (Å²) in [7, 11) is 0. The number of ether oxygens (including phenoxy) is 1. The molecule has 0 aliphatic heterocycles. The van der Waals surface area contributed by atoms with Crippen LogP contribution in [0.2, 0.25) is 0 Å². The number of Topliss-reactive ketones (excluding diaryl/α,β-unsaturated/α-hetero) is 1. The molecule has 3 nitrogen and oxygen atoms in total. The van der Waals surface area contributed by atoms with Gasteiger partial charge in [0, 0.05) is 30.2 Å². The van der Waals surface area contributed by atoms with Crippen molar-refractivity contribution in [2.45, 2.75) is 13.3 Å². The van der Waals surface area contributed by atoms with Crippen molar-refractivity contribution >= 4 is 16.7 Å². The van der Waals surface area contributed by atoms with Crippen molar-refractivity contribution in [3.8, 4) is 0 Å². The van der Waals surface area contributed by atoms with Gasteiger partial charge in [-0.2, -0.15) is 0 Å². The molecule has 0 saturated heterocycles. The number of carbonyl (C=O) groups excluding carboxylic acids is 1. The van der Waals surface area contributed by atoms with Gasteiger partial charge in [0.1, 0.15) is 0 Å². The molecule has 0 radical (unpaired) electrons. The molecule has 0 spiro atoms. The van der Waals surface area contributed by atoms with Crippen LogP contribution < -0.4 is 0 Å². The lowest BCUT2D eigenvalue weighted by Crippen LogP contribution is -2.04. The number of benzene rings is 1. The molecular formula is C14H15NO2. The van der Waals surface area contributed by atoms with E-state index in [-0.39, 0.29) is 5.78 Å². The number of fused-ring (bicyclic) bond motifs is 1. The molecule has 88 valence electrons. The maximum absolute atomic E-state index is 11.9. The number of carbonyl (C=O) groups is 1. The van der Waals surface area contributed by atoms with Crippen LogP contribution in [-0.2, 0) is 4.74 Å². The van der Waals surface area contributed by atoms with E-state index in [1.807, 2.05) is 37.3 Å². The van der Waals surface area contributed by atoms with Crippen molar-refractivity contribution in [3.05, 3.63) is 42.1 Å². The maximum Gasteiger partial charge on any atom is 0.165 e. The fourth-order valence-electron chi connectivity index (χ4n) is 1.69. The third-order valence-corrected chi connectivity index (χ3v) is 2.61. The van der Waals surface area contributed by atoms with Crippen LogP contribution in [0.5, 0.6) is 0 Å². The maximum atomic E-state index is 11.9. The van der Waals surface area contributed by atoms with E-state index in [2.05, 4.69) is 4.98 Å². The molecule has 0 N–H and O–H groups in total. The Bertz CT molecular complexity index is 522. The first-order chi connectivity index (χ1) is 8.31. The van der Waals surface area contributed by atoms with Crippen molar-refractivity contribution in [2.24, 2.45) is 0 Å². The van der Waals surface area contributed by atoms with Crippen LogP contribution in [0.1, 0.15) is 23.7 Å². The van der Waals surface area contributed by atoms with Gasteiger partial charge in [0.15, 0.2) is 5.78 Å². The van der Waals surface area contributed by atoms with Gasteiger partial charge >= 0.3 is 0 Å². The number of rotatable bonds is 5. The molecule has 0 unspecified atom stereocenters. The van der Waals surface area contributed by atoms with Gasteiger partial charge in [-0.05, 0) is 19.1 Å². The zero-order chi connectivity index (χ0) is 12.1. The van der Waals surface area contributed by atoms with E-state index in [1.54, 1.807) is 6.20 Å². The fraction of sp³-hybridized carbons (Fsp3) is 0.286. The molecular weight excluding hydrogens is 214 g/mol. The van der Waals surface area contributed by atoms with E-state index in [9.17, 15) is 4.79 Å². The second-order valence-corrected chi connectivity index (χ2v) is 3.78. The minimum absolute atomic E-state index is 0.103. The van der Waals surface area contributed by atoms with Crippen molar-refractivity contribution in [1.29, 1.82) is 0 Å². The number of aromatic nitrogens is 1. The minimum atomic E-state index is 0.103. The van der Waals surface area contributed by atoms with Gasteiger partial charge < -0.3 is 4.74 Å². The third kappa shape index (κ3) is 2.88. The van der Waals surface area contributed by atoms with Gasteiger partial charge in [0.25, 0.3) is 0 Å². The zero-order valence-electron chi connectivity index (χ0n) is 9.85. The first kappa shape index (κ1) is 11.7. The highest BCUT2D eigenvalue weighted by Gasteiger charge is 2.06. The Morgan fingerprint density at radius 2 is 2.24 bits per heavy atom. The SMILES string of the molecule is CCOCCC(=O)c1ccc2cccnc2c1. The largest absolute Gasteiger partial charge is 0.381 e. The molecule has 1 heterocycles. The summed E-state index contributed by atoms with van der Waals surface area (Å²) < 4.78 is 5.18. The molecule has 0 saturated carbocycles. The summed E-state index contributed by atoms with van der Waals surface area (Å²) in [5, 5.41) is 1.05. The molecule has 1 aromatic carbocycles. The number of pyridine rings is 1. The topological polar surface area (TPSA) is 39.2 Å². The average molecular weight is 229 g/mol. The Labute approximate surface area is 100 Å². The van der Waals surface area contributed by atoms with Crippen molar-refractivity contribution in [1.82, 2.24) is 4.98 Å². The van der Waals surface area contributed by atoms with Crippen LogP contribution in [0.25, 0.3) is 10.9 Å². The minimum Gasteiger partial charge on any atom is -0.381 e. The van der Waals surface area contributed by atoms with Crippen LogP contribution in [0.3, 0.4) is 0 Å². The fourth-order valence-corrected chi connectivity index (χ4v) is 1.69. The smallest absolute Gasteiger partial charge is 0.165 e. The molecule has 0 aliphatic carbocycles. The monoisotopic (exact) mass is 229 g/mol. The van der Waals surface area contributed by atoms with Crippen molar-refractivity contribution < 1.29 is 9.53 Å². The molecule has 0 atom stereocenters. The molecule has 2 aromatic rings. The predicted molar refractivity (Wildman–Crippen MR) is 67.2 cm³/mol. The van der Waals surface area contributed by atoms with Crippen LogP contribution in [0.15, 0.2) is 36.5 Å². The van der Waals surface area contributed by atoms with E-state index in [0.717, 1.165) is 10.9 Å². The first-order valence-electron chi connectivity index (χ1n) is 5.77. The summed E-state index contributed by atoms with van der Waals surface area (Å²) >= 11 is 0. The molecule has 0 amide bonds. The van der Waals surface area contributed by atoms with Gasteiger partial charge in [0.2, 0.25) is 0 Å². The van der Waals surface area contributed by atoms with Gasteiger partial charge in [-0.25, -0.2) is 0 Å². The summed E-state index contributed by atoms with van der Waals surface area (Å²) in [6, 6.07) is 9.48. The zero-order valence-corrected chi connectivity index (χ0v) is 9.85. The van der Waals surface area contributed by atoms with Gasteiger partial charge in [0.05, 0.1) is 12.1 Å². The van der Waals surface area contributed by atoms with E-state index in [1.165, 1.54) is 0 Å². The van der Waals surface area contributed by atoms with Gasteiger partial charge in [-0.15, -0.1) is 0 Å². The highest BCUT2D eigenvalue weighted by atomic mass is 16.5. The standard InChI is InChI=1S/C14H15NO2/c1-2-17-9-7-14(16)12-6-5-11-4-3-8-15-13(11)10-12/h3-6,8,10H,2,7,9H2,1H3. The Hall–Kier alpha value is -1.74. The molecule has 17 heavy (non-hydrogen) atoms. The van der Waals surface area contributed by atoms with Gasteiger partial charge in [-0.3, -0.25) is 9.78 Å². The lowest BCUT2D eigenvalue weighted by molar-refractivity contribution is 0.0896. The van der Waals surface area contributed by atoms with Crippen LogP contribution >= 0.6 is 0 Å². The highest BCUT2D eigenvalue weighted by molar-refractivity contribution is 5.99. The molecule has 3 heteroatoms. The summed E-state index contributed by atoms with van der Waals surface area (Å²) in [6.45, 7) is 3.05. The van der Waals surface area contributed by atoms with Crippen molar-refractivity contribution in [2.75, 3.05) is 13.2 Å². The lowest BCUT2D eigenvalue weighted by Gasteiger charge is -2.03. The van der Waals surface area contributed by atoms with Crippen LogP contribution in [-0.4, -0.2) is 24.0 Å². The van der Waals surface area contributed by atoms with E-state index >= 15 is 0 Å². The Morgan fingerprint density at radius 3 is 3.06 bits per heavy atom. The van der Waals surface area contributed by atoms with Crippen LogP contribution in [0.4, 0.5) is 0 Å². The number of nitrogens with zero attached hydrogens (tertiary/aromatic N) is 1. The molecule has 0 fully saturated rings. The van der Waals surface area contributed by atoms with E-state index < -0.39 is 0 Å². The Kier molecular flexibility index (Phi) is 3.83. The predicted octanol–water partition coefficient (Wildman–Crippen LogP) is 2.84. The Morgan fingerprint density at radius 1 is 1.35 bits per heavy atom. The summed E-state index contributed by atoms with van der Waals surface area (Å²) in [6.07, 6.45) is 2.16. The average Bonchev–Trinajstić information content (AvgIpc) is 2.38. The molecule has 1 aromatic heterocycles. The molecule has 0 bridgehead atoms. The number of hydrogen-bond donors (Lipinski definition) is 0. The third-order valence-electron chi connectivity index (χ3n) is 2.61. The first-order valence-corrected chi connectivity index (χ1v) is 5.77. The second kappa shape index (κ2) is 5.55. The van der Waals surface area contributed by atoms with E-state index in [0.29, 0.717) is 25.2 Å². The van der Waals surface area contributed by atoms with E-state index in [4.69, 9.17) is 4.74 Å². The van der Waals surface area contributed by atoms with Crippen molar-refractivity contribution in [3.63, 3.8) is 0 Å². The summed E-state index contributed by atoms with van der Waals surface area (Å²) in [5.74, 6) is 0.103. The second-order valence-electron chi connectivity index (χ2n) is 3.78. The van der Waals surface area contributed by atoms with Crippen LogP contribution in [0, 0.1) is 0 Å². The normalized spacial score (nSPS) is 10.6. The molecule has 2 rings (SSSR count). The quantitative estimate of drug-likeness (QED) is 0.584. The summed E-state index contributed by atoms with van der Waals surface area (Å²) in [5.41, 5.74) is 1.56. The Balaban J connectivity index is 2.15. The lowest BCUT2D eigenvalue weighted by atomic mass is 10.1. The number of ketones is 1. The molecule has 0 aliphatic rings. The summed E-state index contributed by atoms with van der Waals surface area (Å²) in [4.78, 5) is 16.1. The van der Waals surface area contributed by atoms with Gasteiger partial charge in [-0.1, -0.05) is 18.2 Å². The number of hydrogen-bond acceptors (Lipinski definition) is 3. The highest BCUT2D eigenvalue weighted by Crippen LogP contribution is 2.14.